The van der Waals surface area contributed by atoms with Gasteiger partial charge in [-0.2, -0.15) is 5.10 Å². The lowest BCUT2D eigenvalue weighted by molar-refractivity contribution is -0.255. The summed E-state index contributed by atoms with van der Waals surface area (Å²) >= 11 is 0. The SMILES string of the molecule is O=C(Cn1nc(C(=O)[O-])c2ccccc2c1=O)N[C@@H]1CCCc2ccccc21. The normalized spacial score (nSPS) is 15.8. The Morgan fingerprint density at radius 1 is 1.11 bits per heavy atom. The van der Waals surface area contributed by atoms with Gasteiger partial charge in [0.2, 0.25) is 5.91 Å². The molecule has 0 saturated carbocycles. The first-order chi connectivity index (χ1) is 13.5. The molecular weight excluding hydrogens is 358 g/mol. The highest BCUT2D eigenvalue weighted by Gasteiger charge is 2.22. The van der Waals surface area contributed by atoms with Crippen LogP contribution in [0.5, 0.6) is 0 Å². The number of hydrogen-bond donors (Lipinski definition) is 1. The van der Waals surface area contributed by atoms with Gasteiger partial charge in [0.1, 0.15) is 12.2 Å². The number of aryl methyl sites for hydroxylation is 1. The number of amides is 1. The summed E-state index contributed by atoms with van der Waals surface area (Å²) in [5.74, 6) is -1.89. The Hall–Kier alpha value is -3.48. The number of hydrogen-bond acceptors (Lipinski definition) is 5. The number of carboxylic acids is 1. The molecule has 0 radical (unpaired) electrons. The Kier molecular flexibility index (Phi) is 4.65. The first-order valence-electron chi connectivity index (χ1n) is 9.13. The summed E-state index contributed by atoms with van der Waals surface area (Å²) in [6.07, 6.45) is 2.75. The molecule has 1 amide bonds. The summed E-state index contributed by atoms with van der Waals surface area (Å²) in [6.45, 7) is -0.359. The Bertz CT molecular complexity index is 1140. The molecule has 1 aliphatic rings. The topological polar surface area (TPSA) is 104 Å². The molecule has 142 valence electrons. The number of carboxylic acid groups (broad SMARTS) is 1. The van der Waals surface area contributed by atoms with Gasteiger partial charge in [0.15, 0.2) is 0 Å². The molecule has 0 aliphatic heterocycles. The van der Waals surface area contributed by atoms with Crippen LogP contribution in [0.25, 0.3) is 10.8 Å². The molecule has 1 heterocycles. The van der Waals surface area contributed by atoms with E-state index in [1.807, 2.05) is 18.2 Å². The molecule has 1 aromatic heterocycles. The zero-order valence-electron chi connectivity index (χ0n) is 15.1. The van der Waals surface area contributed by atoms with E-state index in [1.165, 1.54) is 17.7 Å². The maximum Gasteiger partial charge on any atom is 0.275 e. The summed E-state index contributed by atoms with van der Waals surface area (Å²) in [5, 5.41) is 18.6. The van der Waals surface area contributed by atoms with Gasteiger partial charge >= 0.3 is 0 Å². The molecule has 0 fully saturated rings. The van der Waals surface area contributed by atoms with Crippen molar-refractivity contribution >= 4 is 22.6 Å². The van der Waals surface area contributed by atoms with Gasteiger partial charge in [-0.3, -0.25) is 9.59 Å². The zero-order valence-corrected chi connectivity index (χ0v) is 15.1. The molecule has 3 aromatic rings. The second-order valence-electron chi connectivity index (χ2n) is 6.86. The molecule has 0 spiro atoms. The van der Waals surface area contributed by atoms with E-state index in [2.05, 4.69) is 16.5 Å². The van der Waals surface area contributed by atoms with Crippen molar-refractivity contribution < 1.29 is 14.7 Å². The van der Waals surface area contributed by atoms with Crippen molar-refractivity contribution in [2.75, 3.05) is 0 Å². The number of fused-ring (bicyclic) bond motifs is 2. The average molecular weight is 376 g/mol. The standard InChI is InChI=1S/C21H19N3O4/c25-18(22-17-11-5-7-13-6-1-2-8-14(13)17)12-24-20(26)16-10-4-3-9-15(16)19(23-24)21(27)28/h1-4,6,8-10,17H,5,7,11-12H2,(H,22,25)(H,27,28)/p-1/t17-/m1/s1. The fraction of sp³-hybridized carbons (Fsp3) is 0.238. The number of rotatable bonds is 4. The van der Waals surface area contributed by atoms with Gasteiger partial charge < -0.3 is 15.2 Å². The maximum atomic E-state index is 12.6. The Morgan fingerprint density at radius 2 is 1.82 bits per heavy atom. The number of carbonyl (C=O) groups is 2. The average Bonchev–Trinajstić information content (AvgIpc) is 2.70. The largest absolute Gasteiger partial charge is 0.543 e. The lowest BCUT2D eigenvalue weighted by Gasteiger charge is -2.26. The number of carbonyl (C=O) groups excluding carboxylic acids is 2. The van der Waals surface area contributed by atoms with Gasteiger partial charge in [0.05, 0.1) is 17.4 Å². The number of benzene rings is 2. The monoisotopic (exact) mass is 376 g/mol. The second-order valence-corrected chi connectivity index (χ2v) is 6.86. The minimum atomic E-state index is -1.49. The molecule has 7 heteroatoms. The molecule has 0 bridgehead atoms. The Labute approximate surface area is 160 Å². The van der Waals surface area contributed by atoms with Gasteiger partial charge in [0, 0.05) is 5.39 Å². The van der Waals surface area contributed by atoms with Crippen LogP contribution < -0.4 is 16.0 Å². The summed E-state index contributed by atoms with van der Waals surface area (Å²) in [4.78, 5) is 36.7. The van der Waals surface area contributed by atoms with E-state index in [0.717, 1.165) is 29.5 Å². The highest BCUT2D eigenvalue weighted by Crippen LogP contribution is 2.29. The third-order valence-electron chi connectivity index (χ3n) is 5.06. The predicted octanol–water partition coefficient (Wildman–Crippen LogP) is 0.954. The van der Waals surface area contributed by atoms with Crippen LogP contribution in [0.4, 0.5) is 0 Å². The van der Waals surface area contributed by atoms with Crippen molar-refractivity contribution in [3.8, 4) is 0 Å². The third-order valence-corrected chi connectivity index (χ3v) is 5.06. The molecule has 1 aliphatic carbocycles. The van der Waals surface area contributed by atoms with Gasteiger partial charge in [0.25, 0.3) is 5.56 Å². The zero-order chi connectivity index (χ0) is 19.7. The smallest absolute Gasteiger partial charge is 0.275 e. The van der Waals surface area contributed by atoms with Crippen LogP contribution in [0.3, 0.4) is 0 Å². The Balaban J connectivity index is 1.62. The summed E-state index contributed by atoms with van der Waals surface area (Å²) < 4.78 is 0.886. The lowest BCUT2D eigenvalue weighted by Crippen LogP contribution is -2.38. The van der Waals surface area contributed by atoms with Crippen LogP contribution in [0.2, 0.25) is 0 Å². The molecule has 0 saturated heterocycles. The number of aromatic nitrogens is 2. The van der Waals surface area contributed by atoms with Crippen LogP contribution in [-0.4, -0.2) is 21.7 Å². The van der Waals surface area contributed by atoms with E-state index in [1.54, 1.807) is 12.1 Å². The van der Waals surface area contributed by atoms with Gasteiger partial charge in [-0.05, 0) is 36.5 Å². The summed E-state index contributed by atoms with van der Waals surface area (Å²) in [5.41, 5.74) is 1.42. The van der Waals surface area contributed by atoms with Crippen LogP contribution in [0, 0.1) is 0 Å². The number of nitrogens with zero attached hydrogens (tertiary/aromatic N) is 2. The van der Waals surface area contributed by atoms with E-state index < -0.39 is 17.4 Å². The molecule has 7 nitrogen and oxygen atoms in total. The van der Waals surface area contributed by atoms with E-state index in [0.29, 0.717) is 0 Å². The van der Waals surface area contributed by atoms with E-state index in [4.69, 9.17) is 0 Å². The number of aromatic carboxylic acids is 1. The van der Waals surface area contributed by atoms with Crippen molar-refractivity contribution in [1.29, 1.82) is 0 Å². The molecule has 1 N–H and O–H groups in total. The first-order valence-corrected chi connectivity index (χ1v) is 9.13. The highest BCUT2D eigenvalue weighted by atomic mass is 16.4. The molecule has 0 unspecified atom stereocenters. The van der Waals surface area contributed by atoms with Crippen molar-refractivity contribution in [2.45, 2.75) is 31.8 Å². The van der Waals surface area contributed by atoms with Crippen molar-refractivity contribution in [3.05, 3.63) is 75.7 Å². The summed E-state index contributed by atoms with van der Waals surface area (Å²) in [6, 6.07) is 14.1. The van der Waals surface area contributed by atoms with Crippen LogP contribution in [0.15, 0.2) is 53.3 Å². The van der Waals surface area contributed by atoms with Gasteiger partial charge in [-0.15, -0.1) is 0 Å². The van der Waals surface area contributed by atoms with Crippen LogP contribution in [-0.2, 0) is 17.8 Å². The van der Waals surface area contributed by atoms with Crippen molar-refractivity contribution in [3.63, 3.8) is 0 Å². The predicted molar refractivity (Wildman–Crippen MR) is 101 cm³/mol. The van der Waals surface area contributed by atoms with Crippen molar-refractivity contribution in [1.82, 2.24) is 15.1 Å². The fourth-order valence-electron chi connectivity index (χ4n) is 3.77. The number of nitrogens with one attached hydrogen (secondary N) is 1. The fourth-order valence-corrected chi connectivity index (χ4v) is 3.77. The molecule has 28 heavy (non-hydrogen) atoms. The van der Waals surface area contributed by atoms with E-state index in [-0.39, 0.29) is 29.1 Å². The third kappa shape index (κ3) is 3.26. The minimum Gasteiger partial charge on any atom is -0.543 e. The lowest BCUT2D eigenvalue weighted by atomic mass is 9.88. The van der Waals surface area contributed by atoms with Crippen LogP contribution >= 0.6 is 0 Å². The van der Waals surface area contributed by atoms with Crippen LogP contribution in [0.1, 0.15) is 40.5 Å². The molecule has 2 aromatic carbocycles. The molecule has 4 rings (SSSR count). The van der Waals surface area contributed by atoms with Gasteiger partial charge in [-0.25, -0.2) is 4.68 Å². The quantitative estimate of drug-likeness (QED) is 0.730. The van der Waals surface area contributed by atoms with E-state index >= 15 is 0 Å². The van der Waals surface area contributed by atoms with E-state index in [9.17, 15) is 19.5 Å². The molecular formula is C21H18N3O4-. The summed E-state index contributed by atoms with van der Waals surface area (Å²) in [7, 11) is 0. The Morgan fingerprint density at radius 3 is 2.61 bits per heavy atom. The maximum absolute atomic E-state index is 12.6. The second kappa shape index (κ2) is 7.26. The van der Waals surface area contributed by atoms with Crippen molar-refractivity contribution in [2.24, 2.45) is 0 Å². The van der Waals surface area contributed by atoms with Gasteiger partial charge in [-0.1, -0.05) is 42.5 Å². The minimum absolute atomic E-state index is 0.130. The first kappa shape index (κ1) is 17.9. The highest BCUT2D eigenvalue weighted by molar-refractivity contribution is 6.00. The molecule has 1 atom stereocenters.